The summed E-state index contributed by atoms with van der Waals surface area (Å²) in [5, 5.41) is 18.2. The Hall–Kier alpha value is -3.52. The highest BCUT2D eigenvalue weighted by Crippen LogP contribution is 2.23. The van der Waals surface area contributed by atoms with E-state index in [0.29, 0.717) is 22.0 Å². The highest BCUT2D eigenvalue weighted by molar-refractivity contribution is 6.31. The Labute approximate surface area is 164 Å². The smallest absolute Gasteiger partial charge is 0.269 e. The van der Waals surface area contributed by atoms with Gasteiger partial charge in [0.05, 0.1) is 10.6 Å². The first kappa shape index (κ1) is 19.2. The van der Waals surface area contributed by atoms with Crippen LogP contribution in [0.15, 0.2) is 59.4 Å². The molecule has 0 saturated carbocycles. The van der Waals surface area contributed by atoms with Gasteiger partial charge in [-0.05, 0) is 42.8 Å². The summed E-state index contributed by atoms with van der Waals surface area (Å²) in [6, 6.07) is 13.7. The monoisotopic (exact) mass is 398 g/mol. The highest BCUT2D eigenvalue weighted by atomic mass is 35.5. The van der Waals surface area contributed by atoms with Gasteiger partial charge in [-0.1, -0.05) is 17.7 Å². The molecule has 0 aliphatic carbocycles. The molecule has 28 heavy (non-hydrogen) atoms. The van der Waals surface area contributed by atoms with Crippen molar-refractivity contribution in [2.75, 3.05) is 5.32 Å². The average molecular weight is 399 g/mol. The molecule has 3 aromatic rings. The van der Waals surface area contributed by atoms with E-state index >= 15 is 0 Å². The van der Waals surface area contributed by atoms with E-state index in [-0.39, 0.29) is 12.2 Å². The Balaban J connectivity index is 1.81. The Bertz CT molecular complexity index is 1110. The first-order chi connectivity index (χ1) is 13.3. The number of hydrogen-bond acceptors (Lipinski definition) is 5. The lowest BCUT2D eigenvalue weighted by Crippen LogP contribution is -2.29. The molecule has 2 aromatic carbocycles. The van der Waals surface area contributed by atoms with Crippen LogP contribution in [0.2, 0.25) is 5.02 Å². The fourth-order valence-electron chi connectivity index (χ4n) is 2.54. The summed E-state index contributed by atoms with van der Waals surface area (Å²) in [5.41, 5.74) is 1.79. The van der Waals surface area contributed by atoms with E-state index in [9.17, 15) is 19.7 Å². The average Bonchev–Trinajstić information content (AvgIpc) is 2.67. The normalized spacial score (nSPS) is 10.5. The maximum absolute atomic E-state index is 12.3. The molecule has 142 valence electrons. The summed E-state index contributed by atoms with van der Waals surface area (Å²) in [4.78, 5) is 34.7. The summed E-state index contributed by atoms with van der Waals surface area (Å²) in [5.74, 6) is -0.430. The minimum Gasteiger partial charge on any atom is -0.324 e. The lowest BCUT2D eigenvalue weighted by Gasteiger charge is -2.11. The number of nitro benzene ring substituents is 1. The van der Waals surface area contributed by atoms with Crippen molar-refractivity contribution in [2.24, 2.45) is 0 Å². The Morgan fingerprint density at radius 2 is 1.89 bits per heavy atom. The number of aromatic nitrogens is 2. The van der Waals surface area contributed by atoms with E-state index in [2.05, 4.69) is 10.4 Å². The van der Waals surface area contributed by atoms with Crippen molar-refractivity contribution in [3.8, 4) is 11.3 Å². The summed E-state index contributed by atoms with van der Waals surface area (Å²) >= 11 is 6.04. The summed E-state index contributed by atoms with van der Waals surface area (Å²) in [6.45, 7) is 1.49. The third-order valence-electron chi connectivity index (χ3n) is 4.08. The number of anilines is 1. The molecule has 0 bridgehead atoms. The number of benzene rings is 2. The van der Waals surface area contributed by atoms with Gasteiger partial charge in [0.25, 0.3) is 11.2 Å². The maximum atomic E-state index is 12.3. The molecule has 1 aromatic heterocycles. The van der Waals surface area contributed by atoms with Crippen LogP contribution in [0.25, 0.3) is 11.3 Å². The van der Waals surface area contributed by atoms with Crippen LogP contribution in [-0.4, -0.2) is 20.6 Å². The predicted octanol–water partition coefficient (Wildman–Crippen LogP) is 3.42. The molecule has 1 amide bonds. The second kappa shape index (κ2) is 8.01. The zero-order valence-corrected chi connectivity index (χ0v) is 15.5. The number of rotatable bonds is 5. The van der Waals surface area contributed by atoms with Crippen LogP contribution in [0.1, 0.15) is 5.56 Å². The number of carbonyl (C=O) groups excluding carboxylic acids is 1. The van der Waals surface area contributed by atoms with Gasteiger partial charge in [-0.3, -0.25) is 19.7 Å². The van der Waals surface area contributed by atoms with Crippen molar-refractivity contribution in [1.82, 2.24) is 9.78 Å². The molecule has 0 unspecified atom stereocenters. The summed E-state index contributed by atoms with van der Waals surface area (Å²) < 4.78 is 1.03. The van der Waals surface area contributed by atoms with Crippen LogP contribution in [0.3, 0.4) is 0 Å². The molecule has 0 atom stereocenters. The van der Waals surface area contributed by atoms with Gasteiger partial charge < -0.3 is 5.32 Å². The molecule has 0 radical (unpaired) electrons. The fraction of sp³-hybridized carbons (Fsp3) is 0.105. The van der Waals surface area contributed by atoms with Crippen molar-refractivity contribution < 1.29 is 9.72 Å². The molecular weight excluding hydrogens is 384 g/mol. The number of nitrogens with one attached hydrogen (secondary N) is 1. The minimum absolute atomic E-state index is 0.0478. The molecule has 0 fully saturated rings. The van der Waals surface area contributed by atoms with Crippen LogP contribution in [0.5, 0.6) is 0 Å². The van der Waals surface area contributed by atoms with E-state index in [1.807, 2.05) is 0 Å². The largest absolute Gasteiger partial charge is 0.324 e. The molecule has 0 spiro atoms. The second-order valence-electron chi connectivity index (χ2n) is 5.98. The Kier molecular flexibility index (Phi) is 5.51. The molecule has 0 aliphatic rings. The van der Waals surface area contributed by atoms with E-state index in [1.165, 1.54) is 36.4 Å². The lowest BCUT2D eigenvalue weighted by atomic mass is 10.1. The number of non-ortho nitro benzene ring substituents is 1. The van der Waals surface area contributed by atoms with Crippen LogP contribution < -0.4 is 10.9 Å². The van der Waals surface area contributed by atoms with Gasteiger partial charge >= 0.3 is 0 Å². The van der Waals surface area contributed by atoms with Gasteiger partial charge in [0.2, 0.25) is 5.91 Å². The third kappa shape index (κ3) is 4.24. The lowest BCUT2D eigenvalue weighted by molar-refractivity contribution is -0.384. The van der Waals surface area contributed by atoms with E-state index in [4.69, 9.17) is 11.6 Å². The number of nitrogens with zero attached hydrogens (tertiary/aromatic N) is 3. The van der Waals surface area contributed by atoms with E-state index < -0.39 is 16.4 Å². The number of carbonyl (C=O) groups is 1. The number of amides is 1. The molecule has 3 rings (SSSR count). The van der Waals surface area contributed by atoms with Crippen LogP contribution >= 0.6 is 11.6 Å². The molecule has 1 N–H and O–H groups in total. The van der Waals surface area contributed by atoms with Crippen molar-refractivity contribution >= 4 is 28.9 Å². The van der Waals surface area contributed by atoms with Crippen LogP contribution in [-0.2, 0) is 11.3 Å². The van der Waals surface area contributed by atoms with Gasteiger partial charge in [-0.15, -0.1) is 0 Å². The predicted molar refractivity (Wildman–Crippen MR) is 105 cm³/mol. The van der Waals surface area contributed by atoms with Crippen molar-refractivity contribution in [1.29, 1.82) is 0 Å². The molecule has 9 heteroatoms. The minimum atomic E-state index is -0.500. The van der Waals surface area contributed by atoms with Gasteiger partial charge in [0, 0.05) is 34.5 Å². The third-order valence-corrected chi connectivity index (χ3v) is 4.49. The number of hydrogen-bond donors (Lipinski definition) is 1. The zero-order chi connectivity index (χ0) is 20.3. The summed E-state index contributed by atoms with van der Waals surface area (Å²) in [7, 11) is 0. The van der Waals surface area contributed by atoms with Crippen molar-refractivity contribution in [2.45, 2.75) is 13.5 Å². The first-order valence-electron chi connectivity index (χ1n) is 8.23. The number of halogens is 1. The maximum Gasteiger partial charge on any atom is 0.269 e. The SMILES string of the molecule is Cc1c(Cl)cccc1NC(=O)Cn1nc(-c2ccc([N+](=O)[O-])cc2)ccc1=O. The molecule has 1 heterocycles. The molecular formula is C19H15ClN4O4. The Morgan fingerprint density at radius 3 is 2.57 bits per heavy atom. The standard InChI is InChI=1S/C19H15ClN4O4/c1-12-15(20)3-2-4-16(12)21-18(25)11-23-19(26)10-9-17(22-23)13-5-7-14(8-6-13)24(27)28/h2-10H,11H2,1H3,(H,21,25). The molecule has 8 nitrogen and oxygen atoms in total. The first-order valence-corrected chi connectivity index (χ1v) is 8.61. The van der Waals surface area contributed by atoms with Gasteiger partial charge in [0.1, 0.15) is 6.54 Å². The second-order valence-corrected chi connectivity index (χ2v) is 6.39. The van der Waals surface area contributed by atoms with Crippen LogP contribution in [0.4, 0.5) is 11.4 Å². The quantitative estimate of drug-likeness (QED) is 0.523. The van der Waals surface area contributed by atoms with E-state index in [0.717, 1.165) is 10.2 Å². The van der Waals surface area contributed by atoms with Gasteiger partial charge in [0.15, 0.2) is 0 Å². The topological polar surface area (TPSA) is 107 Å². The molecule has 0 aliphatic heterocycles. The number of nitro groups is 1. The Morgan fingerprint density at radius 1 is 1.18 bits per heavy atom. The highest BCUT2D eigenvalue weighted by Gasteiger charge is 2.11. The van der Waals surface area contributed by atoms with E-state index in [1.54, 1.807) is 25.1 Å². The van der Waals surface area contributed by atoms with Crippen LogP contribution in [0, 0.1) is 17.0 Å². The van der Waals surface area contributed by atoms with Crippen molar-refractivity contribution in [3.05, 3.63) is 85.7 Å². The van der Waals surface area contributed by atoms with Crippen molar-refractivity contribution in [3.63, 3.8) is 0 Å². The zero-order valence-electron chi connectivity index (χ0n) is 14.8. The van der Waals surface area contributed by atoms with Gasteiger partial charge in [-0.25, -0.2) is 4.68 Å². The molecule has 0 saturated heterocycles. The fourth-order valence-corrected chi connectivity index (χ4v) is 2.71. The summed E-state index contributed by atoms with van der Waals surface area (Å²) in [6.07, 6.45) is 0. The van der Waals surface area contributed by atoms with Gasteiger partial charge in [-0.2, -0.15) is 5.10 Å².